The lowest BCUT2D eigenvalue weighted by Gasteiger charge is -2.18. The van der Waals surface area contributed by atoms with Gasteiger partial charge in [0.2, 0.25) is 0 Å². The van der Waals surface area contributed by atoms with Crippen LogP contribution in [-0.4, -0.2) is 35.6 Å². The molecular formula is C22H24F3NO3. The minimum atomic E-state index is -4.35. The van der Waals surface area contributed by atoms with E-state index in [9.17, 15) is 18.0 Å². The van der Waals surface area contributed by atoms with Crippen molar-refractivity contribution in [1.82, 2.24) is 4.90 Å². The number of ether oxygens (including phenoxy) is 1. The number of alkyl halides is 3. The smallest absolute Gasteiger partial charge is 0.416 e. The number of aliphatic hydroxyl groups is 1. The van der Waals surface area contributed by atoms with Gasteiger partial charge in [0.15, 0.2) is 6.61 Å². The van der Waals surface area contributed by atoms with Crippen LogP contribution in [0.4, 0.5) is 13.2 Å². The van der Waals surface area contributed by atoms with Crippen molar-refractivity contribution >= 4 is 5.91 Å². The molecule has 1 saturated heterocycles. The number of likely N-dealkylation sites (tertiary alicyclic amines) is 1. The van der Waals surface area contributed by atoms with Crippen molar-refractivity contribution in [2.45, 2.75) is 32.0 Å². The Morgan fingerprint density at radius 1 is 1.14 bits per heavy atom. The third kappa shape index (κ3) is 5.73. The Labute approximate surface area is 167 Å². The van der Waals surface area contributed by atoms with Crippen LogP contribution in [0.1, 0.15) is 29.5 Å². The molecule has 1 aliphatic rings. The Morgan fingerprint density at radius 2 is 1.86 bits per heavy atom. The number of aryl methyl sites for hydroxylation is 1. The molecule has 0 saturated carbocycles. The van der Waals surface area contributed by atoms with E-state index in [4.69, 9.17) is 9.84 Å². The van der Waals surface area contributed by atoms with Gasteiger partial charge in [0, 0.05) is 13.1 Å². The molecule has 4 nitrogen and oxygen atoms in total. The van der Waals surface area contributed by atoms with Gasteiger partial charge in [0.1, 0.15) is 5.75 Å². The Kier molecular flexibility index (Phi) is 6.79. The maximum absolute atomic E-state index is 13.1. The SMILES string of the molecule is O=C(COc1ccc(CO)cc1)N1CCC(CCc2ccccc2C(F)(F)F)C1. The van der Waals surface area contributed by atoms with Crippen LogP contribution in [-0.2, 0) is 24.0 Å². The molecule has 0 aliphatic carbocycles. The van der Waals surface area contributed by atoms with Crippen LogP contribution in [0.3, 0.4) is 0 Å². The van der Waals surface area contributed by atoms with Gasteiger partial charge in [-0.15, -0.1) is 0 Å². The van der Waals surface area contributed by atoms with Gasteiger partial charge in [0.05, 0.1) is 12.2 Å². The topological polar surface area (TPSA) is 49.8 Å². The van der Waals surface area contributed by atoms with Crippen molar-refractivity contribution in [3.05, 3.63) is 65.2 Å². The summed E-state index contributed by atoms with van der Waals surface area (Å²) in [7, 11) is 0. The van der Waals surface area contributed by atoms with Crippen LogP contribution >= 0.6 is 0 Å². The van der Waals surface area contributed by atoms with Crippen molar-refractivity contribution < 1.29 is 27.8 Å². The van der Waals surface area contributed by atoms with Crippen LogP contribution in [0.25, 0.3) is 0 Å². The molecule has 3 rings (SSSR count). The highest BCUT2D eigenvalue weighted by Gasteiger charge is 2.33. The zero-order chi connectivity index (χ0) is 20.9. The third-order valence-electron chi connectivity index (χ3n) is 5.25. The third-order valence-corrected chi connectivity index (χ3v) is 5.25. The number of hydrogen-bond donors (Lipinski definition) is 1. The fourth-order valence-corrected chi connectivity index (χ4v) is 3.60. The second kappa shape index (κ2) is 9.31. The summed E-state index contributed by atoms with van der Waals surface area (Å²) >= 11 is 0. The zero-order valence-electron chi connectivity index (χ0n) is 16.0. The van der Waals surface area contributed by atoms with Crippen molar-refractivity contribution in [2.24, 2.45) is 5.92 Å². The molecule has 156 valence electrons. The van der Waals surface area contributed by atoms with E-state index in [1.165, 1.54) is 12.1 Å². The number of nitrogens with zero attached hydrogens (tertiary/aromatic N) is 1. The lowest BCUT2D eigenvalue weighted by atomic mass is 9.96. The maximum atomic E-state index is 13.1. The molecule has 1 fully saturated rings. The highest BCUT2D eigenvalue weighted by molar-refractivity contribution is 5.78. The number of hydrogen-bond acceptors (Lipinski definition) is 3. The summed E-state index contributed by atoms with van der Waals surface area (Å²) in [5.74, 6) is 0.605. The second-order valence-corrected chi connectivity index (χ2v) is 7.28. The van der Waals surface area contributed by atoms with Gasteiger partial charge in [-0.25, -0.2) is 0 Å². The molecule has 0 spiro atoms. The first-order valence-corrected chi connectivity index (χ1v) is 9.62. The number of benzene rings is 2. The normalized spacial score (nSPS) is 16.8. The van der Waals surface area contributed by atoms with E-state index in [1.807, 2.05) is 0 Å². The Bertz CT molecular complexity index is 821. The van der Waals surface area contributed by atoms with Crippen LogP contribution in [0.2, 0.25) is 0 Å². The molecule has 1 N–H and O–H groups in total. The van der Waals surface area contributed by atoms with Crippen LogP contribution in [0.15, 0.2) is 48.5 Å². The summed E-state index contributed by atoms with van der Waals surface area (Å²) in [4.78, 5) is 14.1. The van der Waals surface area contributed by atoms with Crippen molar-refractivity contribution in [3.8, 4) is 5.75 Å². The van der Waals surface area contributed by atoms with E-state index in [1.54, 1.807) is 35.2 Å². The average Bonchev–Trinajstić information content (AvgIpc) is 3.19. The molecule has 1 unspecified atom stereocenters. The molecule has 1 atom stereocenters. The predicted molar refractivity (Wildman–Crippen MR) is 102 cm³/mol. The van der Waals surface area contributed by atoms with Gasteiger partial charge in [-0.1, -0.05) is 30.3 Å². The average molecular weight is 407 g/mol. The highest BCUT2D eigenvalue weighted by Crippen LogP contribution is 2.33. The van der Waals surface area contributed by atoms with Gasteiger partial charge in [-0.3, -0.25) is 4.79 Å². The fourth-order valence-electron chi connectivity index (χ4n) is 3.60. The summed E-state index contributed by atoms with van der Waals surface area (Å²) in [6, 6.07) is 12.5. The quantitative estimate of drug-likeness (QED) is 0.753. The van der Waals surface area contributed by atoms with Crippen LogP contribution < -0.4 is 4.74 Å². The molecule has 7 heteroatoms. The highest BCUT2D eigenvalue weighted by atomic mass is 19.4. The number of halogens is 3. The van der Waals surface area contributed by atoms with Crippen molar-refractivity contribution in [2.75, 3.05) is 19.7 Å². The van der Waals surface area contributed by atoms with Crippen molar-refractivity contribution in [3.63, 3.8) is 0 Å². The molecule has 2 aromatic rings. The van der Waals surface area contributed by atoms with E-state index in [0.29, 0.717) is 37.2 Å². The minimum absolute atomic E-state index is 0.0537. The molecule has 29 heavy (non-hydrogen) atoms. The van der Waals surface area contributed by atoms with Gasteiger partial charge in [-0.05, 0) is 54.5 Å². The number of carbonyl (C=O) groups excluding carboxylic acids is 1. The Balaban J connectivity index is 1.47. The van der Waals surface area contributed by atoms with E-state index in [-0.39, 0.29) is 25.0 Å². The van der Waals surface area contributed by atoms with Crippen molar-refractivity contribution in [1.29, 1.82) is 0 Å². The minimum Gasteiger partial charge on any atom is -0.484 e. The summed E-state index contributed by atoms with van der Waals surface area (Å²) in [6.07, 6.45) is -2.61. The summed E-state index contributed by atoms with van der Waals surface area (Å²) < 4.78 is 44.8. The number of carbonyl (C=O) groups is 1. The molecule has 0 radical (unpaired) electrons. The number of rotatable bonds is 7. The van der Waals surface area contributed by atoms with E-state index in [2.05, 4.69) is 0 Å². The first-order chi connectivity index (χ1) is 13.9. The fraction of sp³-hybridized carbons (Fsp3) is 0.409. The lowest BCUT2D eigenvalue weighted by molar-refractivity contribution is -0.138. The predicted octanol–water partition coefficient (Wildman–Crippen LogP) is 4.06. The maximum Gasteiger partial charge on any atom is 0.416 e. The van der Waals surface area contributed by atoms with E-state index < -0.39 is 11.7 Å². The summed E-state index contributed by atoms with van der Waals surface area (Å²) in [5, 5.41) is 9.03. The van der Waals surface area contributed by atoms with Crippen LogP contribution in [0, 0.1) is 5.92 Å². The van der Waals surface area contributed by atoms with Gasteiger partial charge in [-0.2, -0.15) is 13.2 Å². The molecule has 0 bridgehead atoms. The zero-order valence-corrected chi connectivity index (χ0v) is 16.0. The molecule has 2 aromatic carbocycles. The summed E-state index contributed by atoms with van der Waals surface area (Å²) in [5.41, 5.74) is 0.490. The van der Waals surface area contributed by atoms with Gasteiger partial charge >= 0.3 is 6.18 Å². The summed E-state index contributed by atoms with van der Waals surface area (Å²) in [6.45, 7) is 1.00. The van der Waals surface area contributed by atoms with Gasteiger partial charge in [0.25, 0.3) is 5.91 Å². The van der Waals surface area contributed by atoms with Gasteiger partial charge < -0.3 is 14.7 Å². The molecular weight excluding hydrogens is 383 g/mol. The lowest BCUT2D eigenvalue weighted by Crippen LogP contribution is -2.33. The molecule has 1 amide bonds. The Morgan fingerprint density at radius 3 is 2.55 bits per heavy atom. The second-order valence-electron chi connectivity index (χ2n) is 7.28. The molecule has 1 heterocycles. The van der Waals surface area contributed by atoms with E-state index in [0.717, 1.165) is 18.1 Å². The monoisotopic (exact) mass is 407 g/mol. The first kappa shape index (κ1) is 21.2. The van der Waals surface area contributed by atoms with Crippen LogP contribution in [0.5, 0.6) is 5.75 Å². The largest absolute Gasteiger partial charge is 0.484 e. The standard InChI is InChI=1S/C22H24F3NO3/c23-22(24,25)20-4-2-1-3-18(20)8-5-16-11-12-26(13-16)21(28)15-29-19-9-6-17(14-27)7-10-19/h1-4,6-7,9-10,16,27H,5,8,11-15H2. The first-order valence-electron chi connectivity index (χ1n) is 9.62. The molecule has 0 aromatic heterocycles. The van der Waals surface area contributed by atoms with E-state index >= 15 is 0 Å². The number of aliphatic hydroxyl groups excluding tert-OH is 1. The molecule has 1 aliphatic heterocycles. The Hall–Kier alpha value is -2.54. The number of amides is 1.